The lowest BCUT2D eigenvalue weighted by atomic mass is 9.99. The molecule has 0 bridgehead atoms. The van der Waals surface area contributed by atoms with Crippen LogP contribution in [0.2, 0.25) is 0 Å². The molecule has 0 saturated carbocycles. The maximum atomic E-state index is 10.4. The van der Waals surface area contributed by atoms with E-state index in [2.05, 4.69) is 6.92 Å². The van der Waals surface area contributed by atoms with E-state index in [1.165, 1.54) is 0 Å². The second-order valence-electron chi connectivity index (χ2n) is 6.56. The average Bonchev–Trinajstić information content (AvgIpc) is 2.50. The summed E-state index contributed by atoms with van der Waals surface area (Å²) in [5.74, 6) is -0.745. The lowest BCUT2D eigenvalue weighted by Gasteiger charge is -2.18. The summed E-state index contributed by atoms with van der Waals surface area (Å²) in [5, 5.41) is 38.0. The van der Waals surface area contributed by atoms with Crippen molar-refractivity contribution in [1.82, 2.24) is 0 Å². The minimum absolute atomic E-state index is 0.230. The molecule has 0 aliphatic heterocycles. The van der Waals surface area contributed by atoms with Crippen LogP contribution in [-0.2, 0) is 4.79 Å². The molecule has 0 aromatic carbocycles. The largest absolute Gasteiger partial charge is 0.481 e. The Morgan fingerprint density at radius 1 is 0.739 bits per heavy atom. The summed E-state index contributed by atoms with van der Waals surface area (Å²) in [5.41, 5.74) is 0. The fourth-order valence-electron chi connectivity index (χ4n) is 2.76. The number of rotatable bonds is 16. The van der Waals surface area contributed by atoms with Gasteiger partial charge in [0.05, 0.1) is 18.3 Å². The number of carboxylic acids is 1. The quantitative estimate of drug-likeness (QED) is 0.325. The Morgan fingerprint density at radius 2 is 1.22 bits per heavy atom. The van der Waals surface area contributed by atoms with Gasteiger partial charge in [-0.3, -0.25) is 4.79 Å². The van der Waals surface area contributed by atoms with Crippen LogP contribution in [0.4, 0.5) is 0 Å². The Labute approximate surface area is 140 Å². The van der Waals surface area contributed by atoms with Crippen LogP contribution >= 0.6 is 0 Å². The molecule has 5 heteroatoms. The molecule has 0 fully saturated rings. The topological polar surface area (TPSA) is 98.0 Å². The summed E-state index contributed by atoms with van der Waals surface area (Å²) in [6.07, 6.45) is 8.55. The van der Waals surface area contributed by atoms with Gasteiger partial charge in [-0.25, -0.2) is 0 Å². The summed E-state index contributed by atoms with van der Waals surface area (Å²) in [6, 6.07) is 0. The number of hydrogen-bond donors (Lipinski definition) is 4. The van der Waals surface area contributed by atoms with Crippen LogP contribution < -0.4 is 0 Å². The van der Waals surface area contributed by atoms with Crippen molar-refractivity contribution in [3.8, 4) is 0 Å². The molecule has 0 aliphatic carbocycles. The van der Waals surface area contributed by atoms with Crippen LogP contribution in [0.25, 0.3) is 0 Å². The van der Waals surface area contributed by atoms with E-state index in [9.17, 15) is 20.1 Å². The van der Waals surface area contributed by atoms with E-state index in [4.69, 9.17) is 5.11 Å². The molecular formula is C18H36O5. The number of aliphatic hydroxyl groups is 3. The van der Waals surface area contributed by atoms with E-state index < -0.39 is 18.2 Å². The van der Waals surface area contributed by atoms with Gasteiger partial charge in [-0.05, 0) is 32.1 Å². The predicted molar refractivity (Wildman–Crippen MR) is 91.4 cm³/mol. The maximum Gasteiger partial charge on any atom is 0.303 e. The molecule has 0 heterocycles. The molecule has 23 heavy (non-hydrogen) atoms. The fraction of sp³-hybridized carbons (Fsp3) is 0.944. The smallest absolute Gasteiger partial charge is 0.303 e. The van der Waals surface area contributed by atoms with Gasteiger partial charge in [0, 0.05) is 6.42 Å². The third-order valence-electron chi connectivity index (χ3n) is 4.24. The summed E-state index contributed by atoms with van der Waals surface area (Å²) in [6.45, 7) is 2.05. The first kappa shape index (κ1) is 22.4. The summed E-state index contributed by atoms with van der Waals surface area (Å²) in [7, 11) is 0. The van der Waals surface area contributed by atoms with Crippen molar-refractivity contribution in [2.24, 2.45) is 0 Å². The van der Waals surface area contributed by atoms with E-state index in [1.807, 2.05) is 0 Å². The number of hydrogen-bond acceptors (Lipinski definition) is 4. The molecule has 0 radical (unpaired) electrons. The van der Waals surface area contributed by atoms with E-state index >= 15 is 0 Å². The van der Waals surface area contributed by atoms with Gasteiger partial charge in [-0.1, -0.05) is 51.9 Å². The lowest BCUT2D eigenvalue weighted by molar-refractivity contribution is -0.137. The van der Waals surface area contributed by atoms with Crippen molar-refractivity contribution >= 4 is 5.97 Å². The highest BCUT2D eigenvalue weighted by atomic mass is 16.4. The molecule has 0 aromatic rings. The van der Waals surface area contributed by atoms with Gasteiger partial charge in [0.25, 0.3) is 0 Å². The van der Waals surface area contributed by atoms with Crippen molar-refractivity contribution in [2.75, 3.05) is 0 Å². The average molecular weight is 332 g/mol. The summed E-state index contributed by atoms with van der Waals surface area (Å²) < 4.78 is 0. The zero-order valence-electron chi connectivity index (χ0n) is 14.6. The molecule has 4 N–H and O–H groups in total. The molecule has 5 nitrogen and oxygen atoms in total. The van der Waals surface area contributed by atoms with Gasteiger partial charge >= 0.3 is 5.97 Å². The molecule has 3 unspecified atom stereocenters. The van der Waals surface area contributed by atoms with Crippen molar-refractivity contribution in [3.05, 3.63) is 0 Å². The van der Waals surface area contributed by atoms with Crippen molar-refractivity contribution in [2.45, 2.75) is 109 Å². The van der Waals surface area contributed by atoms with Crippen LogP contribution in [0.15, 0.2) is 0 Å². The molecule has 0 rings (SSSR count). The van der Waals surface area contributed by atoms with Crippen LogP contribution in [0, 0.1) is 0 Å². The van der Waals surface area contributed by atoms with E-state index in [1.54, 1.807) is 0 Å². The van der Waals surface area contributed by atoms with Crippen LogP contribution in [0.5, 0.6) is 0 Å². The number of aliphatic hydroxyl groups excluding tert-OH is 3. The SMILES string of the molecule is CCCC(O)CCCCC(O)C(O)CCCCCCCC(=O)O. The second-order valence-corrected chi connectivity index (χ2v) is 6.56. The first-order valence-corrected chi connectivity index (χ1v) is 9.23. The highest BCUT2D eigenvalue weighted by Gasteiger charge is 2.15. The standard InChI is InChI=1S/C18H36O5/c1-2-10-15(19)11-8-9-13-17(21)16(20)12-6-4-3-5-7-14-18(22)23/h15-17,19-21H,2-14H2,1H3,(H,22,23). The van der Waals surface area contributed by atoms with Gasteiger partial charge in [0.2, 0.25) is 0 Å². The zero-order chi connectivity index (χ0) is 17.5. The zero-order valence-corrected chi connectivity index (χ0v) is 14.6. The molecule has 0 amide bonds. The van der Waals surface area contributed by atoms with Crippen molar-refractivity contribution < 1.29 is 25.2 Å². The summed E-state index contributed by atoms with van der Waals surface area (Å²) >= 11 is 0. The minimum atomic E-state index is -0.745. The van der Waals surface area contributed by atoms with E-state index in [0.29, 0.717) is 19.3 Å². The Kier molecular flexibility index (Phi) is 14.5. The fourth-order valence-corrected chi connectivity index (χ4v) is 2.76. The van der Waals surface area contributed by atoms with Gasteiger partial charge in [-0.2, -0.15) is 0 Å². The Hall–Kier alpha value is -0.650. The van der Waals surface area contributed by atoms with Crippen LogP contribution in [0.1, 0.15) is 90.4 Å². The number of carboxylic acid groups (broad SMARTS) is 1. The number of carbonyl (C=O) groups is 1. The number of aliphatic carboxylic acids is 1. The first-order valence-electron chi connectivity index (χ1n) is 9.23. The minimum Gasteiger partial charge on any atom is -0.481 e. The Morgan fingerprint density at radius 3 is 1.78 bits per heavy atom. The van der Waals surface area contributed by atoms with Gasteiger partial charge in [0.15, 0.2) is 0 Å². The Balaban J connectivity index is 3.48. The summed E-state index contributed by atoms with van der Waals surface area (Å²) in [4.78, 5) is 10.4. The monoisotopic (exact) mass is 332 g/mol. The highest BCUT2D eigenvalue weighted by molar-refractivity contribution is 5.66. The van der Waals surface area contributed by atoms with Gasteiger partial charge in [0.1, 0.15) is 0 Å². The van der Waals surface area contributed by atoms with E-state index in [-0.39, 0.29) is 12.5 Å². The van der Waals surface area contributed by atoms with Gasteiger partial charge < -0.3 is 20.4 Å². The maximum absolute atomic E-state index is 10.4. The van der Waals surface area contributed by atoms with Crippen molar-refractivity contribution in [1.29, 1.82) is 0 Å². The van der Waals surface area contributed by atoms with Gasteiger partial charge in [-0.15, -0.1) is 0 Å². The van der Waals surface area contributed by atoms with Crippen LogP contribution in [-0.4, -0.2) is 44.7 Å². The normalized spacial score (nSPS) is 15.3. The molecule has 0 saturated heterocycles. The second kappa shape index (κ2) is 14.9. The van der Waals surface area contributed by atoms with Crippen molar-refractivity contribution in [3.63, 3.8) is 0 Å². The molecule has 138 valence electrons. The molecule has 0 aromatic heterocycles. The molecule has 0 spiro atoms. The van der Waals surface area contributed by atoms with Crippen LogP contribution in [0.3, 0.4) is 0 Å². The predicted octanol–water partition coefficient (Wildman–Crippen LogP) is 3.24. The molecular weight excluding hydrogens is 296 g/mol. The first-order chi connectivity index (χ1) is 11.0. The molecule has 3 atom stereocenters. The highest BCUT2D eigenvalue weighted by Crippen LogP contribution is 2.15. The lowest BCUT2D eigenvalue weighted by Crippen LogP contribution is -2.25. The third-order valence-corrected chi connectivity index (χ3v) is 4.24. The third kappa shape index (κ3) is 14.7. The Bertz CT molecular complexity index is 283. The molecule has 0 aliphatic rings. The van der Waals surface area contributed by atoms with E-state index in [0.717, 1.165) is 57.8 Å². The number of unbranched alkanes of at least 4 members (excludes halogenated alkanes) is 5.